The molecule has 4 heteroatoms. The van der Waals surface area contributed by atoms with Gasteiger partial charge in [0.2, 0.25) is 0 Å². The molecule has 1 aromatic rings. The van der Waals surface area contributed by atoms with Crippen molar-refractivity contribution in [2.45, 2.75) is 50.5 Å². The second kappa shape index (κ2) is 6.42. The summed E-state index contributed by atoms with van der Waals surface area (Å²) < 4.78 is 5.73. The minimum Gasteiger partial charge on any atom is -0.491 e. The molecule has 0 radical (unpaired) electrons. The number of hydrogen-bond acceptors (Lipinski definition) is 4. The van der Waals surface area contributed by atoms with Crippen molar-refractivity contribution in [1.29, 1.82) is 0 Å². The lowest BCUT2D eigenvalue weighted by Crippen LogP contribution is -2.25. The van der Waals surface area contributed by atoms with Gasteiger partial charge >= 0.3 is 0 Å². The van der Waals surface area contributed by atoms with Crippen molar-refractivity contribution in [2.75, 3.05) is 17.3 Å². The van der Waals surface area contributed by atoms with Gasteiger partial charge in [0, 0.05) is 34.8 Å². The summed E-state index contributed by atoms with van der Waals surface area (Å²) in [5.74, 6) is 0.844. The number of thioether (sulfide) groups is 1. The Morgan fingerprint density at radius 1 is 1.32 bits per heavy atom. The summed E-state index contributed by atoms with van der Waals surface area (Å²) in [5, 5.41) is 4.32. The Labute approximate surface area is 120 Å². The molecule has 2 unspecified atom stereocenters. The van der Waals surface area contributed by atoms with Crippen LogP contribution in [0.4, 0.5) is 11.4 Å². The predicted molar refractivity (Wildman–Crippen MR) is 85.2 cm³/mol. The zero-order chi connectivity index (χ0) is 13.8. The van der Waals surface area contributed by atoms with Crippen LogP contribution in [-0.4, -0.2) is 23.7 Å². The number of nitrogens with one attached hydrogen (secondary N) is 1. The van der Waals surface area contributed by atoms with Gasteiger partial charge in [-0.3, -0.25) is 0 Å². The van der Waals surface area contributed by atoms with Crippen LogP contribution in [-0.2, 0) is 0 Å². The summed E-state index contributed by atoms with van der Waals surface area (Å²) in [6.07, 6.45) is 6.20. The average molecular weight is 280 g/mol. The topological polar surface area (TPSA) is 47.3 Å². The van der Waals surface area contributed by atoms with Crippen molar-refractivity contribution in [3.8, 4) is 5.75 Å². The van der Waals surface area contributed by atoms with E-state index >= 15 is 0 Å². The zero-order valence-electron chi connectivity index (χ0n) is 12.0. The molecule has 1 saturated carbocycles. The summed E-state index contributed by atoms with van der Waals surface area (Å²) in [4.78, 5) is 0. The zero-order valence-corrected chi connectivity index (χ0v) is 12.8. The molecule has 2 atom stereocenters. The molecule has 3 nitrogen and oxygen atoms in total. The quantitative estimate of drug-likeness (QED) is 0.806. The van der Waals surface area contributed by atoms with E-state index in [1.807, 2.05) is 43.8 Å². The molecular formula is C15H24N2OS. The molecule has 0 heterocycles. The van der Waals surface area contributed by atoms with Crippen LogP contribution in [0.5, 0.6) is 5.75 Å². The second-order valence-corrected chi connectivity index (χ2v) is 6.49. The molecule has 19 heavy (non-hydrogen) atoms. The highest BCUT2D eigenvalue weighted by Gasteiger charge is 2.26. The number of ether oxygens (including phenoxy) is 1. The van der Waals surface area contributed by atoms with Gasteiger partial charge in [-0.15, -0.1) is 0 Å². The first-order chi connectivity index (χ1) is 9.08. The number of anilines is 2. The summed E-state index contributed by atoms with van der Waals surface area (Å²) in [6, 6.07) is 6.46. The van der Waals surface area contributed by atoms with E-state index in [0.29, 0.717) is 11.3 Å². The van der Waals surface area contributed by atoms with Crippen LogP contribution in [0.3, 0.4) is 0 Å². The minimum atomic E-state index is 0.167. The normalized spacial score (nSPS) is 22.7. The minimum absolute atomic E-state index is 0.167. The first-order valence-corrected chi connectivity index (χ1v) is 8.24. The highest BCUT2D eigenvalue weighted by atomic mass is 32.2. The Morgan fingerprint density at radius 3 is 2.79 bits per heavy atom. The standard InChI is InChI=1S/C15H24N2OS/c1-10(2)18-13-8-11(16)7-12(9-13)17-14-5-4-6-15(14)19-3/h7-10,14-15,17H,4-6,16H2,1-3H3. The average Bonchev–Trinajstić information content (AvgIpc) is 2.74. The molecule has 1 aliphatic carbocycles. The van der Waals surface area contributed by atoms with Crippen LogP contribution in [0.25, 0.3) is 0 Å². The van der Waals surface area contributed by atoms with Gasteiger partial charge in [0.25, 0.3) is 0 Å². The molecule has 0 aliphatic heterocycles. The fourth-order valence-corrected chi connectivity index (χ4v) is 3.57. The molecule has 1 fully saturated rings. The molecule has 0 bridgehead atoms. The van der Waals surface area contributed by atoms with E-state index in [2.05, 4.69) is 11.6 Å². The third-order valence-corrected chi connectivity index (χ3v) is 4.58. The fraction of sp³-hybridized carbons (Fsp3) is 0.600. The number of nitrogens with two attached hydrogens (primary N) is 1. The summed E-state index contributed by atoms with van der Waals surface area (Å²) in [7, 11) is 0. The molecule has 106 valence electrons. The smallest absolute Gasteiger partial charge is 0.123 e. The molecule has 2 rings (SSSR count). The maximum Gasteiger partial charge on any atom is 0.123 e. The molecule has 1 aliphatic rings. The maximum absolute atomic E-state index is 5.95. The van der Waals surface area contributed by atoms with Gasteiger partial charge in [-0.05, 0) is 39.0 Å². The Bertz CT molecular complexity index is 423. The van der Waals surface area contributed by atoms with Gasteiger partial charge in [0.1, 0.15) is 5.75 Å². The third-order valence-electron chi connectivity index (χ3n) is 3.41. The molecule has 0 aromatic heterocycles. The molecule has 0 spiro atoms. The number of hydrogen-bond donors (Lipinski definition) is 2. The summed E-state index contributed by atoms with van der Waals surface area (Å²) >= 11 is 1.95. The number of nitrogen functional groups attached to an aromatic ring is 1. The second-order valence-electron chi connectivity index (χ2n) is 5.41. The van der Waals surface area contributed by atoms with Crippen molar-refractivity contribution in [2.24, 2.45) is 0 Å². The van der Waals surface area contributed by atoms with Gasteiger partial charge < -0.3 is 15.8 Å². The van der Waals surface area contributed by atoms with E-state index < -0.39 is 0 Å². The van der Waals surface area contributed by atoms with Crippen LogP contribution in [0, 0.1) is 0 Å². The van der Waals surface area contributed by atoms with E-state index in [4.69, 9.17) is 10.5 Å². The van der Waals surface area contributed by atoms with Crippen LogP contribution in [0.1, 0.15) is 33.1 Å². The van der Waals surface area contributed by atoms with Crippen molar-refractivity contribution in [3.05, 3.63) is 18.2 Å². The van der Waals surface area contributed by atoms with Gasteiger partial charge in [0.15, 0.2) is 0 Å². The van der Waals surface area contributed by atoms with Crippen LogP contribution in [0.2, 0.25) is 0 Å². The molecule has 0 saturated heterocycles. The predicted octanol–water partition coefficient (Wildman–Crippen LogP) is 3.75. The van der Waals surface area contributed by atoms with Crippen molar-refractivity contribution in [1.82, 2.24) is 0 Å². The van der Waals surface area contributed by atoms with Crippen molar-refractivity contribution in [3.63, 3.8) is 0 Å². The Balaban J connectivity index is 2.09. The Morgan fingerprint density at radius 2 is 2.11 bits per heavy atom. The van der Waals surface area contributed by atoms with E-state index in [9.17, 15) is 0 Å². The van der Waals surface area contributed by atoms with Crippen LogP contribution < -0.4 is 15.8 Å². The van der Waals surface area contributed by atoms with E-state index in [1.54, 1.807) is 0 Å². The lowest BCUT2D eigenvalue weighted by atomic mass is 10.2. The highest BCUT2D eigenvalue weighted by Crippen LogP contribution is 2.32. The first-order valence-electron chi connectivity index (χ1n) is 6.95. The van der Waals surface area contributed by atoms with Gasteiger partial charge in [0.05, 0.1) is 6.10 Å². The van der Waals surface area contributed by atoms with Crippen LogP contribution >= 0.6 is 11.8 Å². The molecule has 3 N–H and O–H groups in total. The lowest BCUT2D eigenvalue weighted by Gasteiger charge is -2.21. The Hall–Kier alpha value is -1.03. The molecule has 1 aromatic carbocycles. The van der Waals surface area contributed by atoms with Crippen molar-refractivity contribution >= 4 is 23.1 Å². The number of rotatable bonds is 5. The summed E-state index contributed by atoms with van der Waals surface area (Å²) in [5.41, 5.74) is 7.77. The number of benzene rings is 1. The van der Waals surface area contributed by atoms with Crippen molar-refractivity contribution < 1.29 is 4.74 Å². The monoisotopic (exact) mass is 280 g/mol. The summed E-state index contributed by atoms with van der Waals surface area (Å²) in [6.45, 7) is 4.05. The first kappa shape index (κ1) is 14.4. The van der Waals surface area contributed by atoms with Gasteiger partial charge in [-0.1, -0.05) is 6.42 Å². The van der Waals surface area contributed by atoms with Gasteiger partial charge in [-0.25, -0.2) is 0 Å². The largest absolute Gasteiger partial charge is 0.491 e. The lowest BCUT2D eigenvalue weighted by molar-refractivity contribution is 0.242. The fourth-order valence-electron chi connectivity index (χ4n) is 2.63. The van der Waals surface area contributed by atoms with E-state index in [1.165, 1.54) is 19.3 Å². The van der Waals surface area contributed by atoms with Gasteiger partial charge in [-0.2, -0.15) is 11.8 Å². The van der Waals surface area contributed by atoms with E-state index in [0.717, 1.165) is 17.1 Å². The molecule has 0 amide bonds. The highest BCUT2D eigenvalue weighted by molar-refractivity contribution is 7.99. The SMILES string of the molecule is CSC1CCCC1Nc1cc(N)cc(OC(C)C)c1. The van der Waals surface area contributed by atoms with E-state index in [-0.39, 0.29) is 6.10 Å². The molecular weight excluding hydrogens is 256 g/mol. The Kier molecular flexibility index (Phi) is 4.86. The maximum atomic E-state index is 5.95. The third kappa shape index (κ3) is 3.96. The van der Waals surface area contributed by atoms with Crippen LogP contribution in [0.15, 0.2) is 18.2 Å².